The first-order valence-corrected chi connectivity index (χ1v) is 13.4. The van der Waals surface area contributed by atoms with E-state index in [1.807, 2.05) is 32.0 Å². The number of methoxy groups -OCH3 is 1. The number of carbonyl (C=O) groups is 2. The number of rotatable bonds is 10. The number of aromatic nitrogens is 1. The van der Waals surface area contributed by atoms with Crippen LogP contribution in [-0.2, 0) is 9.57 Å². The van der Waals surface area contributed by atoms with Crippen LogP contribution in [0.5, 0.6) is 5.75 Å². The number of likely N-dealkylation sites (tertiary alicyclic amines) is 1. The second-order valence-electron chi connectivity index (χ2n) is 8.14. The average molecular weight is 531 g/mol. The molecule has 2 atom stereocenters. The zero-order valence-electron chi connectivity index (χ0n) is 20.7. The van der Waals surface area contributed by atoms with E-state index in [-0.39, 0.29) is 29.4 Å². The molecule has 9 nitrogen and oxygen atoms in total. The van der Waals surface area contributed by atoms with Crippen LogP contribution in [0.2, 0.25) is 0 Å². The third-order valence-corrected chi connectivity index (χ3v) is 8.04. The minimum absolute atomic E-state index is 0.0258. The van der Waals surface area contributed by atoms with Gasteiger partial charge in [0, 0.05) is 18.0 Å². The van der Waals surface area contributed by atoms with Gasteiger partial charge in [-0.25, -0.2) is 9.78 Å². The second-order valence-corrected chi connectivity index (χ2v) is 10.8. The Morgan fingerprint density at radius 2 is 2.17 bits per heavy atom. The minimum Gasteiger partial charge on any atom is -0.496 e. The van der Waals surface area contributed by atoms with Crippen LogP contribution in [-0.4, -0.2) is 66.8 Å². The molecule has 11 heteroatoms. The Kier molecular flexibility index (Phi) is 10.1. The molecule has 2 heterocycles. The summed E-state index contributed by atoms with van der Waals surface area (Å²) in [5.41, 5.74) is 2.29. The normalized spacial score (nSPS) is 16.2. The minimum atomic E-state index is -0.646. The molecule has 1 N–H and O–H groups in total. The van der Waals surface area contributed by atoms with Crippen LogP contribution in [0.4, 0.5) is 10.5 Å². The van der Waals surface area contributed by atoms with Gasteiger partial charge in [-0.05, 0) is 60.9 Å². The number of benzene rings is 1. The highest BCUT2D eigenvalue weighted by Gasteiger charge is 2.32. The first-order valence-electron chi connectivity index (χ1n) is 11.2. The van der Waals surface area contributed by atoms with Gasteiger partial charge in [0.1, 0.15) is 24.5 Å². The molecule has 2 amide bonds. The van der Waals surface area contributed by atoms with Crippen molar-refractivity contribution in [1.29, 1.82) is 0 Å². The van der Waals surface area contributed by atoms with Gasteiger partial charge in [-0.1, -0.05) is 34.2 Å². The predicted molar refractivity (Wildman–Crippen MR) is 144 cm³/mol. The molecule has 1 aromatic carbocycles. The molecule has 0 radical (unpaired) electrons. The molecular weight excluding hydrogens is 500 g/mol. The Morgan fingerprint density at radius 3 is 2.86 bits per heavy atom. The lowest BCUT2D eigenvalue weighted by Gasteiger charge is -2.23. The van der Waals surface area contributed by atoms with E-state index in [9.17, 15) is 9.59 Å². The van der Waals surface area contributed by atoms with Gasteiger partial charge in [-0.3, -0.25) is 10.1 Å². The van der Waals surface area contributed by atoms with E-state index >= 15 is 0 Å². The highest BCUT2D eigenvalue weighted by atomic mass is 33.1. The molecule has 2 aromatic rings. The largest absolute Gasteiger partial charge is 0.496 e. The first-order chi connectivity index (χ1) is 17.3. The topological polar surface area (TPSA) is 102 Å². The fourth-order valence-electron chi connectivity index (χ4n) is 3.55. The van der Waals surface area contributed by atoms with Crippen LogP contribution in [0.15, 0.2) is 58.9 Å². The number of nitrogens with zero attached hydrogens (tertiary/aromatic N) is 3. The fourth-order valence-corrected chi connectivity index (χ4v) is 5.43. The Labute approximate surface area is 219 Å². The Hall–Kier alpha value is -3.18. The van der Waals surface area contributed by atoms with Crippen molar-refractivity contribution in [2.24, 2.45) is 5.16 Å². The van der Waals surface area contributed by atoms with Gasteiger partial charge in [-0.2, -0.15) is 0 Å². The van der Waals surface area contributed by atoms with Gasteiger partial charge in [-0.15, -0.1) is 0 Å². The van der Waals surface area contributed by atoms with E-state index in [0.717, 1.165) is 16.2 Å². The maximum atomic E-state index is 13.6. The van der Waals surface area contributed by atoms with Gasteiger partial charge < -0.3 is 19.2 Å². The Morgan fingerprint density at radius 1 is 1.36 bits per heavy atom. The Balaban J connectivity index is 1.69. The van der Waals surface area contributed by atoms with E-state index < -0.39 is 6.09 Å². The van der Waals surface area contributed by atoms with Crippen molar-refractivity contribution in [3.8, 4) is 5.75 Å². The van der Waals surface area contributed by atoms with Crippen molar-refractivity contribution < 1.29 is 23.9 Å². The molecule has 0 saturated carbocycles. The summed E-state index contributed by atoms with van der Waals surface area (Å²) in [6.07, 6.45) is 3.24. The summed E-state index contributed by atoms with van der Waals surface area (Å²) in [6.45, 7) is 8.38. The van der Waals surface area contributed by atoms with E-state index in [2.05, 4.69) is 22.0 Å². The summed E-state index contributed by atoms with van der Waals surface area (Å²) >= 11 is 0. The van der Waals surface area contributed by atoms with Crippen molar-refractivity contribution in [2.75, 3.05) is 32.7 Å². The third-order valence-electron chi connectivity index (χ3n) is 5.28. The van der Waals surface area contributed by atoms with Gasteiger partial charge in [0.15, 0.2) is 0 Å². The zero-order valence-corrected chi connectivity index (χ0v) is 22.4. The van der Waals surface area contributed by atoms with E-state index in [0.29, 0.717) is 24.4 Å². The summed E-state index contributed by atoms with van der Waals surface area (Å²) in [4.78, 5) is 36.9. The monoisotopic (exact) mass is 530 g/mol. The summed E-state index contributed by atoms with van der Waals surface area (Å²) in [5.74, 6) is 0.249. The molecule has 0 bridgehead atoms. The van der Waals surface area contributed by atoms with Crippen molar-refractivity contribution >= 4 is 45.5 Å². The van der Waals surface area contributed by atoms with Crippen molar-refractivity contribution in [2.45, 2.75) is 36.6 Å². The number of ether oxygens (including phenoxy) is 2. The first kappa shape index (κ1) is 27.4. The number of hydrogen-bond acceptors (Lipinski definition) is 9. The number of carbonyl (C=O) groups excluding carboxylic acids is 2. The highest BCUT2D eigenvalue weighted by Crippen LogP contribution is 2.33. The number of oxime groups is 1. The van der Waals surface area contributed by atoms with Gasteiger partial charge in [0.25, 0.3) is 5.91 Å². The average Bonchev–Trinajstić information content (AvgIpc) is 3.25. The summed E-state index contributed by atoms with van der Waals surface area (Å²) in [7, 11) is 6.06. The molecule has 1 fully saturated rings. The standard InChI is InChI=1S/C25H30N4O5S2/c1-16-10-19(13-27-33-5)29(14-16)24(30)20-12-22(32-4)17(2)11-21(20)28-25(31)34-15-18(3)35-36-23-8-6-7-9-26-23/h6-9,11-13,18-19H,1,10,14-15H2,2-5H3,(H,28,31)/b27-13+/t18?,19-/m0/s1. The Bertz CT molecular complexity index is 1110. The number of aryl methyl sites for hydroxylation is 1. The van der Waals surface area contributed by atoms with Crippen LogP contribution in [0.3, 0.4) is 0 Å². The molecule has 1 aliphatic rings. The molecule has 1 saturated heterocycles. The summed E-state index contributed by atoms with van der Waals surface area (Å²) in [5, 5.41) is 7.47. The summed E-state index contributed by atoms with van der Waals surface area (Å²) < 4.78 is 10.9. The summed E-state index contributed by atoms with van der Waals surface area (Å²) in [6, 6.07) is 8.73. The lowest BCUT2D eigenvalue weighted by Crippen LogP contribution is -2.37. The molecule has 3 rings (SSSR count). The molecule has 1 aliphatic heterocycles. The molecule has 1 aromatic heterocycles. The smallest absolute Gasteiger partial charge is 0.411 e. The number of pyridine rings is 1. The molecule has 36 heavy (non-hydrogen) atoms. The number of amides is 2. The van der Waals surface area contributed by atoms with Crippen LogP contribution in [0, 0.1) is 6.92 Å². The number of nitrogens with one attached hydrogen (secondary N) is 1. The predicted octanol–water partition coefficient (Wildman–Crippen LogP) is 5.18. The molecular formula is C25H30N4O5S2. The van der Waals surface area contributed by atoms with Crippen LogP contribution < -0.4 is 10.1 Å². The van der Waals surface area contributed by atoms with Crippen LogP contribution in [0.1, 0.15) is 29.3 Å². The fraction of sp³-hybridized carbons (Fsp3) is 0.360. The maximum Gasteiger partial charge on any atom is 0.411 e. The number of hydrogen-bond donors (Lipinski definition) is 1. The van der Waals surface area contributed by atoms with E-state index in [1.165, 1.54) is 25.0 Å². The molecule has 0 aliphatic carbocycles. The van der Waals surface area contributed by atoms with E-state index in [4.69, 9.17) is 14.3 Å². The molecule has 0 spiro atoms. The zero-order chi connectivity index (χ0) is 26.1. The highest BCUT2D eigenvalue weighted by molar-refractivity contribution is 8.76. The maximum absolute atomic E-state index is 13.6. The van der Waals surface area contributed by atoms with Gasteiger partial charge >= 0.3 is 6.09 Å². The lowest BCUT2D eigenvalue weighted by atomic mass is 10.1. The number of anilines is 1. The SMILES string of the molecule is C=C1C[C@@H](/C=N/OC)N(C(=O)c2cc(OC)c(C)cc2NC(=O)OCC(C)SSc2ccccn2)C1. The van der Waals surface area contributed by atoms with Crippen molar-refractivity contribution in [3.63, 3.8) is 0 Å². The van der Waals surface area contributed by atoms with Gasteiger partial charge in [0.05, 0.1) is 30.6 Å². The second kappa shape index (κ2) is 13.2. The van der Waals surface area contributed by atoms with Crippen LogP contribution in [0.25, 0.3) is 0 Å². The molecule has 1 unspecified atom stereocenters. The van der Waals surface area contributed by atoms with Crippen molar-refractivity contribution in [1.82, 2.24) is 9.88 Å². The molecule has 192 valence electrons. The van der Waals surface area contributed by atoms with E-state index in [1.54, 1.807) is 40.2 Å². The third kappa shape index (κ3) is 7.41. The van der Waals surface area contributed by atoms with Gasteiger partial charge in [0.2, 0.25) is 0 Å². The van der Waals surface area contributed by atoms with Crippen molar-refractivity contribution in [3.05, 3.63) is 59.8 Å². The van der Waals surface area contributed by atoms with Crippen LogP contribution >= 0.6 is 21.6 Å². The lowest BCUT2D eigenvalue weighted by molar-refractivity contribution is 0.0773. The quantitative estimate of drug-likeness (QED) is 0.194.